The van der Waals surface area contributed by atoms with Crippen molar-refractivity contribution in [3.63, 3.8) is 0 Å². The molecule has 0 aromatic carbocycles. The van der Waals surface area contributed by atoms with Crippen LogP contribution in [0.5, 0.6) is 0 Å². The third kappa shape index (κ3) is 1.05. The van der Waals surface area contributed by atoms with Crippen molar-refractivity contribution in [3.8, 4) is 0 Å². The fraction of sp³-hybridized carbons (Fsp3) is 0.625. The third-order valence-electron chi connectivity index (χ3n) is 2.14. The summed E-state index contributed by atoms with van der Waals surface area (Å²) in [7, 11) is 0. The molecule has 0 aliphatic carbocycles. The van der Waals surface area contributed by atoms with E-state index in [2.05, 4.69) is 5.32 Å². The Morgan fingerprint density at radius 3 is 2.36 bits per heavy atom. The number of hydrogen-bond acceptors (Lipinski definition) is 2. The molecule has 0 aromatic heterocycles. The minimum absolute atomic E-state index is 0.313. The van der Waals surface area contributed by atoms with Gasteiger partial charge in [0.2, 0.25) is 0 Å². The highest BCUT2D eigenvalue weighted by atomic mass is 16.3. The predicted octanol–water partition coefficient (Wildman–Crippen LogP) is 0.551. The van der Waals surface area contributed by atoms with Crippen LogP contribution in [-0.4, -0.2) is 16.6 Å². The van der Waals surface area contributed by atoms with Crippen molar-refractivity contribution in [2.75, 3.05) is 0 Å². The average Bonchev–Trinajstić information content (AvgIpc) is 2.04. The zero-order chi connectivity index (χ0) is 8.65. The Hall–Kier alpha value is -0.830. The quantitative estimate of drug-likeness (QED) is 0.581. The summed E-state index contributed by atoms with van der Waals surface area (Å²) >= 11 is 0. The summed E-state index contributed by atoms with van der Waals surface area (Å²) in [6.45, 7) is 5.25. The van der Waals surface area contributed by atoms with Gasteiger partial charge in [-0.25, -0.2) is 0 Å². The van der Waals surface area contributed by atoms with Gasteiger partial charge in [0.05, 0.1) is 0 Å². The first-order chi connectivity index (χ1) is 5.00. The molecule has 0 fully saturated rings. The molecule has 0 saturated heterocycles. The Kier molecular flexibility index (Phi) is 1.76. The summed E-state index contributed by atoms with van der Waals surface area (Å²) in [6.07, 6.45) is 0.706. The van der Waals surface area contributed by atoms with Crippen molar-refractivity contribution >= 4 is 5.91 Å². The van der Waals surface area contributed by atoms with Gasteiger partial charge in [0.15, 0.2) is 5.60 Å². The summed E-state index contributed by atoms with van der Waals surface area (Å²) in [6, 6.07) is 0. The molecule has 3 heteroatoms. The van der Waals surface area contributed by atoms with Gasteiger partial charge < -0.3 is 10.4 Å². The van der Waals surface area contributed by atoms with Gasteiger partial charge in [-0.15, -0.1) is 0 Å². The number of nitrogens with one attached hydrogen (secondary N) is 1. The fourth-order valence-electron chi connectivity index (χ4n) is 1.48. The molecule has 3 nitrogen and oxygen atoms in total. The lowest BCUT2D eigenvalue weighted by Gasteiger charge is -2.16. The van der Waals surface area contributed by atoms with Gasteiger partial charge >= 0.3 is 0 Å². The summed E-state index contributed by atoms with van der Waals surface area (Å²) in [5.74, 6) is -0.313. The lowest BCUT2D eigenvalue weighted by molar-refractivity contribution is -0.132. The number of amides is 1. The smallest absolute Gasteiger partial charge is 0.260 e. The monoisotopic (exact) mass is 155 g/mol. The van der Waals surface area contributed by atoms with Crippen molar-refractivity contribution in [2.24, 2.45) is 0 Å². The molecular weight excluding hydrogens is 142 g/mol. The largest absolute Gasteiger partial charge is 0.376 e. The van der Waals surface area contributed by atoms with Gasteiger partial charge in [-0.3, -0.25) is 4.79 Å². The van der Waals surface area contributed by atoms with Crippen LogP contribution in [0, 0.1) is 0 Å². The first kappa shape index (κ1) is 8.27. The second-order valence-corrected chi connectivity index (χ2v) is 2.98. The van der Waals surface area contributed by atoms with E-state index in [1.807, 2.05) is 6.92 Å². The highest BCUT2D eigenvalue weighted by molar-refractivity contribution is 5.92. The van der Waals surface area contributed by atoms with E-state index >= 15 is 0 Å². The molecule has 0 bridgehead atoms. The Balaban J connectivity index is 3.04. The number of allylic oxidation sites excluding steroid dienone is 1. The van der Waals surface area contributed by atoms with Gasteiger partial charge in [0, 0.05) is 5.70 Å². The van der Waals surface area contributed by atoms with Crippen LogP contribution in [0.15, 0.2) is 11.3 Å². The summed E-state index contributed by atoms with van der Waals surface area (Å²) in [5.41, 5.74) is 0.309. The summed E-state index contributed by atoms with van der Waals surface area (Å²) in [4.78, 5) is 11.1. The fourth-order valence-corrected chi connectivity index (χ4v) is 1.48. The van der Waals surface area contributed by atoms with E-state index in [9.17, 15) is 9.90 Å². The highest BCUT2D eigenvalue weighted by Gasteiger charge is 2.40. The lowest BCUT2D eigenvalue weighted by atomic mass is 9.95. The highest BCUT2D eigenvalue weighted by Crippen LogP contribution is 2.27. The van der Waals surface area contributed by atoms with Crippen molar-refractivity contribution < 1.29 is 9.90 Å². The molecule has 1 rings (SSSR count). The van der Waals surface area contributed by atoms with Crippen LogP contribution >= 0.6 is 0 Å². The molecule has 1 atom stereocenters. The molecule has 1 unspecified atom stereocenters. The molecule has 0 saturated carbocycles. The van der Waals surface area contributed by atoms with Crippen molar-refractivity contribution in [1.82, 2.24) is 5.32 Å². The first-order valence-corrected chi connectivity index (χ1v) is 3.74. The van der Waals surface area contributed by atoms with Crippen LogP contribution in [0.1, 0.15) is 27.2 Å². The lowest BCUT2D eigenvalue weighted by Crippen LogP contribution is -2.37. The van der Waals surface area contributed by atoms with Crippen molar-refractivity contribution in [2.45, 2.75) is 32.8 Å². The maximum absolute atomic E-state index is 11.1. The van der Waals surface area contributed by atoms with Crippen LogP contribution in [0.2, 0.25) is 0 Å². The third-order valence-corrected chi connectivity index (χ3v) is 2.14. The summed E-state index contributed by atoms with van der Waals surface area (Å²) < 4.78 is 0. The van der Waals surface area contributed by atoms with E-state index < -0.39 is 5.60 Å². The number of aliphatic hydroxyl groups is 1. The molecule has 0 radical (unpaired) electrons. The van der Waals surface area contributed by atoms with Crippen LogP contribution in [0.25, 0.3) is 0 Å². The number of carbonyl (C=O) groups excluding carboxylic acids is 1. The van der Waals surface area contributed by atoms with Gasteiger partial charge in [-0.1, -0.05) is 6.92 Å². The van der Waals surface area contributed by atoms with E-state index in [-0.39, 0.29) is 5.91 Å². The predicted molar refractivity (Wildman–Crippen MR) is 41.8 cm³/mol. The Morgan fingerprint density at radius 2 is 2.18 bits per heavy atom. The van der Waals surface area contributed by atoms with Crippen LogP contribution in [-0.2, 0) is 4.79 Å². The summed E-state index contributed by atoms with van der Waals surface area (Å²) in [5, 5.41) is 12.2. The van der Waals surface area contributed by atoms with Gasteiger partial charge in [-0.05, 0) is 25.8 Å². The standard InChI is InChI=1S/C8H13NO2/c1-4-6-5(2)9-7(10)8(6,3)11/h11H,4H2,1-3H3,(H,9,10). The van der Waals surface area contributed by atoms with Crippen molar-refractivity contribution in [3.05, 3.63) is 11.3 Å². The Bertz CT molecular complexity index is 228. The maximum atomic E-state index is 11.1. The molecule has 0 aromatic rings. The van der Waals surface area contributed by atoms with Gasteiger partial charge in [0.1, 0.15) is 0 Å². The molecule has 0 spiro atoms. The molecule has 2 N–H and O–H groups in total. The molecule has 62 valence electrons. The van der Waals surface area contributed by atoms with E-state index in [4.69, 9.17) is 0 Å². The molecule has 11 heavy (non-hydrogen) atoms. The van der Waals surface area contributed by atoms with Crippen LogP contribution in [0.3, 0.4) is 0 Å². The number of carbonyl (C=O) groups is 1. The molecule has 1 aliphatic heterocycles. The minimum Gasteiger partial charge on any atom is -0.376 e. The van der Waals surface area contributed by atoms with E-state index in [0.717, 1.165) is 11.3 Å². The van der Waals surface area contributed by atoms with E-state index in [1.165, 1.54) is 6.92 Å². The van der Waals surface area contributed by atoms with E-state index in [1.54, 1.807) is 6.92 Å². The van der Waals surface area contributed by atoms with Gasteiger partial charge in [0.25, 0.3) is 5.91 Å². The average molecular weight is 155 g/mol. The Labute approximate surface area is 66.1 Å². The van der Waals surface area contributed by atoms with Crippen LogP contribution < -0.4 is 5.32 Å². The maximum Gasteiger partial charge on any atom is 0.260 e. The zero-order valence-corrected chi connectivity index (χ0v) is 7.06. The van der Waals surface area contributed by atoms with E-state index in [0.29, 0.717) is 6.42 Å². The molecule has 1 amide bonds. The minimum atomic E-state index is -1.28. The Morgan fingerprint density at radius 1 is 1.64 bits per heavy atom. The van der Waals surface area contributed by atoms with Gasteiger partial charge in [-0.2, -0.15) is 0 Å². The number of hydrogen-bond donors (Lipinski definition) is 2. The van der Waals surface area contributed by atoms with Crippen LogP contribution in [0.4, 0.5) is 0 Å². The second kappa shape index (κ2) is 2.34. The molecule has 1 heterocycles. The normalized spacial score (nSPS) is 31.1. The SMILES string of the molecule is CCC1=C(C)NC(=O)C1(C)O. The first-order valence-electron chi connectivity index (χ1n) is 3.74. The zero-order valence-electron chi connectivity index (χ0n) is 7.06. The second-order valence-electron chi connectivity index (χ2n) is 2.98. The topological polar surface area (TPSA) is 49.3 Å². The number of rotatable bonds is 1. The van der Waals surface area contributed by atoms with Crippen molar-refractivity contribution in [1.29, 1.82) is 0 Å². The molecular formula is C8H13NO2. The molecule has 1 aliphatic rings.